The molecule has 1 aromatic carbocycles. The number of aromatic nitrogens is 1. The summed E-state index contributed by atoms with van der Waals surface area (Å²) >= 11 is 0. The van der Waals surface area contributed by atoms with E-state index in [1.807, 2.05) is 38.1 Å². The van der Waals surface area contributed by atoms with Crippen LogP contribution in [0.2, 0.25) is 0 Å². The molecule has 0 aliphatic carbocycles. The Morgan fingerprint density at radius 3 is 2.54 bits per heavy atom. The third-order valence-corrected chi connectivity index (χ3v) is 3.99. The first kappa shape index (κ1) is 22.3. The Balaban J connectivity index is 0.00000338. The first-order valence-corrected chi connectivity index (χ1v) is 8.61. The van der Waals surface area contributed by atoms with Gasteiger partial charge in [0.1, 0.15) is 5.82 Å². The van der Waals surface area contributed by atoms with Crippen LogP contribution in [0.25, 0.3) is 0 Å². The summed E-state index contributed by atoms with van der Waals surface area (Å²) < 4.78 is 13.5. The van der Waals surface area contributed by atoms with Gasteiger partial charge in [0, 0.05) is 24.2 Å². The first-order valence-electron chi connectivity index (χ1n) is 8.61. The van der Waals surface area contributed by atoms with Crippen LogP contribution >= 0.6 is 24.0 Å². The quantitative estimate of drug-likeness (QED) is 0.379. The van der Waals surface area contributed by atoms with E-state index in [4.69, 9.17) is 0 Å². The molecule has 1 heterocycles. The molecule has 0 aliphatic heterocycles. The van der Waals surface area contributed by atoms with Gasteiger partial charge < -0.3 is 10.6 Å². The minimum atomic E-state index is -0.222. The maximum Gasteiger partial charge on any atom is 0.191 e. The second-order valence-electron chi connectivity index (χ2n) is 6.71. The van der Waals surface area contributed by atoms with E-state index in [2.05, 4.69) is 34.5 Å². The van der Waals surface area contributed by atoms with Crippen molar-refractivity contribution in [1.29, 1.82) is 0 Å². The van der Waals surface area contributed by atoms with Crippen LogP contribution in [-0.4, -0.2) is 24.0 Å². The maximum absolute atomic E-state index is 13.5. The molecule has 142 valence electrons. The Labute approximate surface area is 172 Å². The van der Waals surface area contributed by atoms with Crippen LogP contribution in [0, 0.1) is 12.7 Å². The number of nitrogens with one attached hydrogen (secondary N) is 2. The van der Waals surface area contributed by atoms with Gasteiger partial charge in [-0.2, -0.15) is 0 Å². The van der Waals surface area contributed by atoms with Gasteiger partial charge in [0.05, 0.1) is 12.2 Å². The molecule has 0 fully saturated rings. The van der Waals surface area contributed by atoms with Crippen LogP contribution < -0.4 is 10.6 Å². The third-order valence-electron chi connectivity index (χ3n) is 3.99. The summed E-state index contributed by atoms with van der Waals surface area (Å²) in [5.41, 5.74) is 2.65. The van der Waals surface area contributed by atoms with Crippen molar-refractivity contribution in [2.75, 3.05) is 13.1 Å². The molecule has 26 heavy (non-hydrogen) atoms. The molecule has 0 amide bonds. The molecule has 0 bridgehead atoms. The summed E-state index contributed by atoms with van der Waals surface area (Å²) in [6, 6.07) is 12.7. The molecule has 0 atom stereocenters. The van der Waals surface area contributed by atoms with E-state index < -0.39 is 0 Å². The van der Waals surface area contributed by atoms with Gasteiger partial charge >= 0.3 is 0 Å². The molecule has 2 aromatic rings. The Morgan fingerprint density at radius 1 is 1.15 bits per heavy atom. The van der Waals surface area contributed by atoms with Crippen molar-refractivity contribution in [3.63, 3.8) is 0 Å². The molecule has 2 N–H and O–H groups in total. The van der Waals surface area contributed by atoms with Gasteiger partial charge in [0.15, 0.2) is 5.96 Å². The average molecular weight is 470 g/mol. The second-order valence-corrected chi connectivity index (χ2v) is 6.71. The highest BCUT2D eigenvalue weighted by molar-refractivity contribution is 14.0. The van der Waals surface area contributed by atoms with E-state index in [1.165, 1.54) is 6.07 Å². The Kier molecular flexibility index (Phi) is 8.98. The van der Waals surface area contributed by atoms with Crippen LogP contribution in [0.1, 0.15) is 37.7 Å². The molecule has 2 rings (SSSR count). The van der Waals surface area contributed by atoms with Gasteiger partial charge in [-0.3, -0.25) is 4.98 Å². The SMILES string of the molecule is CCNC(=NCc1cccc(C)n1)NCC(C)(C)c1cccc(F)c1.I. The van der Waals surface area contributed by atoms with Crippen LogP contribution in [0.4, 0.5) is 4.39 Å². The number of aryl methyl sites for hydroxylation is 1. The summed E-state index contributed by atoms with van der Waals surface area (Å²) in [7, 11) is 0. The summed E-state index contributed by atoms with van der Waals surface area (Å²) in [6.45, 7) is 10.1. The predicted molar refractivity (Wildman–Crippen MR) is 117 cm³/mol. The predicted octanol–water partition coefficient (Wildman–Crippen LogP) is 4.18. The van der Waals surface area contributed by atoms with Gasteiger partial charge in [-0.1, -0.05) is 32.0 Å². The van der Waals surface area contributed by atoms with E-state index in [-0.39, 0.29) is 35.2 Å². The van der Waals surface area contributed by atoms with Crippen molar-refractivity contribution in [3.05, 3.63) is 65.2 Å². The zero-order valence-electron chi connectivity index (χ0n) is 15.8. The molecular weight excluding hydrogens is 442 g/mol. The van der Waals surface area contributed by atoms with E-state index in [0.29, 0.717) is 13.1 Å². The van der Waals surface area contributed by atoms with Crippen molar-refractivity contribution >= 4 is 29.9 Å². The van der Waals surface area contributed by atoms with Crippen molar-refractivity contribution in [2.45, 2.75) is 39.7 Å². The number of hydrogen-bond donors (Lipinski definition) is 2. The highest BCUT2D eigenvalue weighted by Gasteiger charge is 2.21. The molecular formula is C20H28FIN4. The lowest BCUT2D eigenvalue weighted by atomic mass is 9.84. The fraction of sp³-hybridized carbons (Fsp3) is 0.400. The van der Waals surface area contributed by atoms with E-state index in [9.17, 15) is 4.39 Å². The number of halogens is 2. The van der Waals surface area contributed by atoms with E-state index in [1.54, 1.807) is 12.1 Å². The molecule has 6 heteroatoms. The number of aliphatic imine (C=N–C) groups is 1. The lowest BCUT2D eigenvalue weighted by Gasteiger charge is -2.27. The van der Waals surface area contributed by atoms with Crippen LogP contribution in [0.5, 0.6) is 0 Å². The molecule has 0 unspecified atom stereocenters. The standard InChI is InChI=1S/C20H27FN4.HI/c1-5-22-19(23-13-18-11-6-8-15(2)25-18)24-14-20(3,4)16-9-7-10-17(21)12-16;/h6-12H,5,13-14H2,1-4H3,(H2,22,23,24);1H. The zero-order chi connectivity index (χ0) is 18.3. The van der Waals surface area contributed by atoms with Crippen molar-refractivity contribution in [2.24, 2.45) is 4.99 Å². The normalized spacial score (nSPS) is 11.7. The van der Waals surface area contributed by atoms with Gasteiger partial charge in [0.25, 0.3) is 0 Å². The summed E-state index contributed by atoms with van der Waals surface area (Å²) in [5, 5.41) is 6.59. The molecule has 0 aliphatic rings. The lowest BCUT2D eigenvalue weighted by molar-refractivity contribution is 0.503. The van der Waals surface area contributed by atoms with Crippen LogP contribution in [-0.2, 0) is 12.0 Å². The maximum atomic E-state index is 13.5. The van der Waals surface area contributed by atoms with Gasteiger partial charge in [-0.25, -0.2) is 9.38 Å². The fourth-order valence-corrected chi connectivity index (χ4v) is 2.51. The summed E-state index contributed by atoms with van der Waals surface area (Å²) in [5.74, 6) is 0.520. The Hall–Kier alpha value is -1.70. The third kappa shape index (κ3) is 6.90. The fourth-order valence-electron chi connectivity index (χ4n) is 2.51. The summed E-state index contributed by atoms with van der Waals surface area (Å²) in [6.07, 6.45) is 0. The molecule has 0 spiro atoms. The minimum absolute atomic E-state index is 0. The smallest absolute Gasteiger partial charge is 0.191 e. The van der Waals surface area contributed by atoms with E-state index >= 15 is 0 Å². The van der Waals surface area contributed by atoms with Crippen molar-refractivity contribution in [3.8, 4) is 0 Å². The molecule has 4 nitrogen and oxygen atoms in total. The average Bonchev–Trinajstić information content (AvgIpc) is 2.57. The lowest BCUT2D eigenvalue weighted by Crippen LogP contribution is -2.43. The van der Waals surface area contributed by atoms with Gasteiger partial charge in [-0.05, 0) is 43.7 Å². The molecule has 0 saturated heterocycles. The Morgan fingerprint density at radius 2 is 1.88 bits per heavy atom. The van der Waals surface area contributed by atoms with E-state index in [0.717, 1.165) is 29.5 Å². The molecule has 0 radical (unpaired) electrons. The number of nitrogens with zero attached hydrogens (tertiary/aromatic N) is 2. The first-order chi connectivity index (χ1) is 11.9. The monoisotopic (exact) mass is 470 g/mol. The van der Waals surface area contributed by atoms with Crippen molar-refractivity contribution < 1.29 is 4.39 Å². The van der Waals surface area contributed by atoms with Crippen LogP contribution in [0.15, 0.2) is 47.5 Å². The highest BCUT2D eigenvalue weighted by Crippen LogP contribution is 2.22. The minimum Gasteiger partial charge on any atom is -0.357 e. The number of benzene rings is 1. The number of rotatable bonds is 6. The zero-order valence-corrected chi connectivity index (χ0v) is 18.2. The number of guanidine groups is 1. The molecule has 1 aromatic heterocycles. The van der Waals surface area contributed by atoms with Crippen molar-refractivity contribution in [1.82, 2.24) is 15.6 Å². The largest absolute Gasteiger partial charge is 0.357 e. The second kappa shape index (κ2) is 10.4. The topological polar surface area (TPSA) is 49.3 Å². The number of hydrogen-bond acceptors (Lipinski definition) is 2. The Bertz CT molecular complexity index is 731. The van der Waals surface area contributed by atoms with Gasteiger partial charge in [-0.15, -0.1) is 24.0 Å². The molecule has 0 saturated carbocycles. The van der Waals surface area contributed by atoms with Crippen LogP contribution in [0.3, 0.4) is 0 Å². The highest BCUT2D eigenvalue weighted by atomic mass is 127. The number of pyridine rings is 1. The van der Waals surface area contributed by atoms with Gasteiger partial charge in [0.2, 0.25) is 0 Å². The summed E-state index contributed by atoms with van der Waals surface area (Å²) in [4.78, 5) is 9.06.